The lowest BCUT2D eigenvalue weighted by atomic mass is 10.3. The highest BCUT2D eigenvalue weighted by molar-refractivity contribution is 8.15. The van der Waals surface area contributed by atoms with Crippen LogP contribution in [0.5, 0.6) is 0 Å². The van der Waals surface area contributed by atoms with Gasteiger partial charge < -0.3 is 5.73 Å². The van der Waals surface area contributed by atoms with E-state index in [1.54, 1.807) is 0 Å². The molecule has 1 aliphatic heterocycles. The Kier molecular flexibility index (Phi) is 1.21. The highest BCUT2D eigenvalue weighted by atomic mass is 32.2. The molecule has 2 atom stereocenters. The fourth-order valence-corrected chi connectivity index (χ4v) is 2.48. The summed E-state index contributed by atoms with van der Waals surface area (Å²) in [5.74, 6) is 0.467. The highest BCUT2D eigenvalue weighted by Gasteiger charge is 2.57. The molecule has 0 aromatic carbocycles. The maximum absolute atomic E-state index is 12.3. The molecule has 0 aromatic rings. The van der Waals surface area contributed by atoms with Gasteiger partial charge in [-0.15, -0.1) is 0 Å². The maximum Gasteiger partial charge on any atom is 0.154 e. The number of fused-ring (bicyclic) bond motifs is 1. The van der Waals surface area contributed by atoms with Crippen molar-refractivity contribution in [2.75, 3.05) is 13.2 Å². The van der Waals surface area contributed by atoms with Gasteiger partial charge in [0.2, 0.25) is 0 Å². The maximum atomic E-state index is 12.3. The molecule has 10 heavy (non-hydrogen) atoms. The number of hydrogen-bond acceptors (Lipinski definition) is 3. The average Bonchev–Trinajstić information content (AvgIpc) is 2.62. The van der Waals surface area contributed by atoms with Crippen molar-refractivity contribution in [1.82, 2.24) is 0 Å². The van der Waals surface area contributed by atoms with Crippen LogP contribution in [0.3, 0.4) is 0 Å². The largest absolute Gasteiger partial charge is 0.379 e. The number of aliphatic imine (C=N–C) groups is 1. The van der Waals surface area contributed by atoms with E-state index < -0.39 is 0 Å². The van der Waals surface area contributed by atoms with Crippen molar-refractivity contribution in [3.8, 4) is 0 Å². The number of amidine groups is 1. The zero-order chi connectivity index (χ0) is 7.19. The van der Waals surface area contributed by atoms with Crippen molar-refractivity contribution >= 4 is 16.9 Å². The molecule has 2 aliphatic rings. The third-order valence-corrected chi connectivity index (χ3v) is 3.53. The number of hydrogen-bond donors (Lipinski definition) is 1. The monoisotopic (exact) mass is 160 g/mol. The summed E-state index contributed by atoms with van der Waals surface area (Å²) < 4.78 is 12.2. The van der Waals surface area contributed by atoms with Gasteiger partial charge in [-0.25, -0.2) is 4.39 Å². The molecule has 2 rings (SSSR count). The summed E-state index contributed by atoms with van der Waals surface area (Å²) in [5.41, 5.74) is 5.46. The van der Waals surface area contributed by atoms with Crippen LogP contribution in [0.1, 0.15) is 6.42 Å². The van der Waals surface area contributed by atoms with Gasteiger partial charge in [0.25, 0.3) is 0 Å². The lowest BCUT2D eigenvalue weighted by Crippen LogP contribution is -2.23. The molecule has 2 N–H and O–H groups in total. The molecule has 56 valence electrons. The lowest BCUT2D eigenvalue weighted by molar-refractivity contribution is 0.461. The van der Waals surface area contributed by atoms with Gasteiger partial charge in [-0.3, -0.25) is 4.99 Å². The first-order valence-corrected chi connectivity index (χ1v) is 4.13. The second kappa shape index (κ2) is 1.87. The van der Waals surface area contributed by atoms with Crippen molar-refractivity contribution in [3.05, 3.63) is 0 Å². The number of alkyl halides is 1. The van der Waals surface area contributed by atoms with Crippen LogP contribution in [0, 0.1) is 5.92 Å². The van der Waals surface area contributed by atoms with Crippen molar-refractivity contribution in [2.24, 2.45) is 16.6 Å². The molecular weight excluding hydrogens is 151 g/mol. The minimum Gasteiger partial charge on any atom is -0.379 e. The molecule has 0 radical (unpaired) electrons. The van der Waals surface area contributed by atoms with Crippen molar-refractivity contribution in [3.63, 3.8) is 0 Å². The molecular formula is C6H9FN2S. The first kappa shape index (κ1) is 6.46. The van der Waals surface area contributed by atoms with Gasteiger partial charge in [-0.2, -0.15) is 0 Å². The summed E-state index contributed by atoms with van der Waals surface area (Å²) in [6, 6.07) is 0. The SMILES string of the molecule is NC1=NCC2CC2(CF)S1. The fraction of sp³-hybridized carbons (Fsp3) is 0.833. The van der Waals surface area contributed by atoms with E-state index >= 15 is 0 Å². The normalized spacial score (nSPS) is 44.1. The Bertz CT molecular complexity index is 194. The minimum absolute atomic E-state index is 0.147. The molecule has 0 aromatic heterocycles. The van der Waals surface area contributed by atoms with E-state index in [1.807, 2.05) is 0 Å². The van der Waals surface area contributed by atoms with Crippen LogP contribution in [0.2, 0.25) is 0 Å². The number of nitrogens with zero attached hydrogens (tertiary/aromatic N) is 1. The number of rotatable bonds is 1. The van der Waals surface area contributed by atoms with E-state index in [4.69, 9.17) is 5.73 Å². The highest BCUT2D eigenvalue weighted by Crippen LogP contribution is 2.56. The molecule has 1 saturated carbocycles. The third kappa shape index (κ3) is 0.746. The molecule has 0 amide bonds. The Labute approximate surface area is 63.1 Å². The Morgan fingerprint density at radius 1 is 1.90 bits per heavy atom. The molecule has 1 fully saturated rings. The summed E-state index contributed by atoms with van der Waals surface area (Å²) in [4.78, 5) is 4.04. The summed E-state index contributed by atoms with van der Waals surface area (Å²) >= 11 is 1.42. The quantitative estimate of drug-likeness (QED) is 0.615. The average molecular weight is 160 g/mol. The topological polar surface area (TPSA) is 38.4 Å². The van der Waals surface area contributed by atoms with Crippen LogP contribution in [0.25, 0.3) is 0 Å². The van der Waals surface area contributed by atoms with Crippen LogP contribution in [0.15, 0.2) is 4.99 Å². The second-order valence-corrected chi connectivity index (χ2v) is 4.32. The minimum atomic E-state index is -0.251. The van der Waals surface area contributed by atoms with Gasteiger partial charge in [-0.05, 0) is 12.3 Å². The second-order valence-electron chi connectivity index (χ2n) is 2.88. The van der Waals surface area contributed by atoms with Crippen LogP contribution < -0.4 is 5.73 Å². The summed E-state index contributed by atoms with van der Waals surface area (Å²) in [6.45, 7) is 0.487. The molecule has 1 heterocycles. The molecule has 0 bridgehead atoms. The molecule has 4 heteroatoms. The summed E-state index contributed by atoms with van der Waals surface area (Å²) in [5, 5.41) is 0.561. The van der Waals surface area contributed by atoms with Gasteiger partial charge in [0.15, 0.2) is 5.17 Å². The number of halogens is 1. The van der Waals surface area contributed by atoms with Crippen molar-refractivity contribution in [1.29, 1.82) is 0 Å². The predicted octanol–water partition coefficient (Wildman–Crippen LogP) is 0.776. The fourth-order valence-electron chi connectivity index (χ4n) is 1.35. The smallest absolute Gasteiger partial charge is 0.154 e. The molecule has 2 unspecified atom stereocenters. The Morgan fingerprint density at radius 3 is 3.30 bits per heavy atom. The third-order valence-electron chi connectivity index (χ3n) is 2.18. The molecule has 2 nitrogen and oxygen atoms in total. The first-order valence-electron chi connectivity index (χ1n) is 3.32. The lowest BCUT2D eigenvalue weighted by Gasteiger charge is -2.15. The van der Waals surface area contributed by atoms with Crippen LogP contribution in [0.4, 0.5) is 4.39 Å². The first-order chi connectivity index (χ1) is 4.77. The number of thioether (sulfide) groups is 1. The Hall–Kier alpha value is -0.250. The van der Waals surface area contributed by atoms with Gasteiger partial charge in [-0.1, -0.05) is 11.8 Å². The summed E-state index contributed by atoms with van der Waals surface area (Å²) in [7, 11) is 0. The zero-order valence-electron chi connectivity index (χ0n) is 5.51. The van der Waals surface area contributed by atoms with E-state index in [1.165, 1.54) is 11.8 Å². The van der Waals surface area contributed by atoms with E-state index in [0.29, 0.717) is 11.1 Å². The van der Waals surface area contributed by atoms with E-state index in [9.17, 15) is 4.39 Å². The standard InChI is InChI=1S/C6H9FN2S/c7-3-6-1-4(6)2-9-5(8)10-6/h4H,1-3H2,(H2,8,9). The van der Waals surface area contributed by atoms with E-state index in [2.05, 4.69) is 4.99 Å². The molecule has 1 aliphatic carbocycles. The van der Waals surface area contributed by atoms with Crippen LogP contribution in [-0.4, -0.2) is 23.1 Å². The predicted molar refractivity (Wildman–Crippen MR) is 40.9 cm³/mol. The van der Waals surface area contributed by atoms with E-state index in [0.717, 1.165) is 13.0 Å². The molecule has 0 spiro atoms. The van der Waals surface area contributed by atoms with Crippen molar-refractivity contribution in [2.45, 2.75) is 11.2 Å². The van der Waals surface area contributed by atoms with Gasteiger partial charge >= 0.3 is 0 Å². The van der Waals surface area contributed by atoms with Crippen molar-refractivity contribution < 1.29 is 4.39 Å². The summed E-state index contributed by atoms with van der Waals surface area (Å²) in [6.07, 6.45) is 0.957. The van der Waals surface area contributed by atoms with Crippen LogP contribution >= 0.6 is 11.8 Å². The van der Waals surface area contributed by atoms with Gasteiger partial charge in [0, 0.05) is 6.54 Å². The number of nitrogens with two attached hydrogens (primary N) is 1. The van der Waals surface area contributed by atoms with Gasteiger partial charge in [0.05, 0.1) is 4.75 Å². The van der Waals surface area contributed by atoms with E-state index in [-0.39, 0.29) is 11.4 Å². The van der Waals surface area contributed by atoms with Crippen LogP contribution in [-0.2, 0) is 0 Å². The molecule has 0 saturated heterocycles. The Balaban J connectivity index is 2.13. The Morgan fingerprint density at radius 2 is 2.70 bits per heavy atom. The van der Waals surface area contributed by atoms with Gasteiger partial charge in [0.1, 0.15) is 6.67 Å². The zero-order valence-corrected chi connectivity index (χ0v) is 6.33.